The van der Waals surface area contributed by atoms with Crippen LogP contribution in [0.3, 0.4) is 0 Å². The molecule has 0 atom stereocenters. The molecule has 0 aliphatic carbocycles. The van der Waals surface area contributed by atoms with Crippen molar-refractivity contribution < 1.29 is 14.3 Å². The van der Waals surface area contributed by atoms with Crippen molar-refractivity contribution in [3.8, 4) is 5.75 Å². The molecule has 2 aromatic carbocycles. The first kappa shape index (κ1) is 20.8. The van der Waals surface area contributed by atoms with Gasteiger partial charge in [0.15, 0.2) is 10.3 Å². The number of benzene rings is 2. The lowest BCUT2D eigenvalue weighted by Crippen LogP contribution is -2.19. The molecule has 4 aromatic rings. The van der Waals surface area contributed by atoms with Crippen molar-refractivity contribution >= 4 is 60.8 Å². The van der Waals surface area contributed by atoms with Crippen LogP contribution in [0.25, 0.3) is 10.2 Å². The third-order valence-electron chi connectivity index (χ3n) is 4.34. The number of ether oxygens (including phenoxy) is 1. The minimum Gasteiger partial charge on any atom is -0.495 e. The number of hydrogen-bond acceptors (Lipinski definition) is 7. The molecule has 31 heavy (non-hydrogen) atoms. The van der Waals surface area contributed by atoms with Crippen molar-refractivity contribution in [3.63, 3.8) is 0 Å². The number of methoxy groups -OCH3 is 1. The fourth-order valence-electron chi connectivity index (χ4n) is 2.90. The molecular weight excluding hydrogens is 434 g/mol. The standard InChI is InChI=1S/C21H19N5O3S2/c1-11-8-9-14-16(10-11)30-21(24-14)25-18(27)17-12(2)22-20(31-17)26-19(28)23-13-6-4-5-7-15(13)29-3/h4-10H,1-3H3,(H,24,25,27)(H2,22,23,26,28). The average molecular weight is 454 g/mol. The number of fused-ring (bicyclic) bond motifs is 1. The number of hydrogen-bond donors (Lipinski definition) is 3. The minimum absolute atomic E-state index is 0.315. The Morgan fingerprint density at radius 2 is 1.71 bits per heavy atom. The van der Waals surface area contributed by atoms with Crippen LogP contribution in [0.2, 0.25) is 0 Å². The quantitative estimate of drug-likeness (QED) is 0.382. The number of anilines is 3. The summed E-state index contributed by atoms with van der Waals surface area (Å²) in [5.74, 6) is 0.225. The first-order valence-corrected chi connectivity index (χ1v) is 10.9. The number of aromatic nitrogens is 2. The zero-order chi connectivity index (χ0) is 22.0. The van der Waals surface area contributed by atoms with Crippen LogP contribution in [0, 0.1) is 13.8 Å². The van der Waals surface area contributed by atoms with Gasteiger partial charge in [-0.15, -0.1) is 0 Å². The molecule has 2 aromatic heterocycles. The lowest BCUT2D eigenvalue weighted by molar-refractivity contribution is 0.103. The SMILES string of the molecule is COc1ccccc1NC(=O)Nc1nc(C)c(C(=O)Nc2nc3ccc(C)cc3s2)s1. The summed E-state index contributed by atoms with van der Waals surface area (Å²) in [6.45, 7) is 3.73. The zero-order valence-corrected chi connectivity index (χ0v) is 18.6. The first-order valence-electron chi connectivity index (χ1n) is 9.30. The third-order valence-corrected chi connectivity index (χ3v) is 6.35. The molecule has 10 heteroatoms. The average Bonchev–Trinajstić information content (AvgIpc) is 3.30. The van der Waals surface area contributed by atoms with Gasteiger partial charge in [-0.05, 0) is 43.7 Å². The maximum atomic E-state index is 12.7. The monoisotopic (exact) mass is 453 g/mol. The molecule has 0 aliphatic rings. The normalized spacial score (nSPS) is 10.7. The van der Waals surface area contributed by atoms with Gasteiger partial charge >= 0.3 is 6.03 Å². The predicted molar refractivity (Wildman–Crippen MR) is 125 cm³/mol. The molecule has 158 valence electrons. The number of rotatable bonds is 5. The minimum atomic E-state index is -0.480. The summed E-state index contributed by atoms with van der Waals surface area (Å²) in [6, 6.07) is 12.5. The van der Waals surface area contributed by atoms with Gasteiger partial charge in [0.25, 0.3) is 5.91 Å². The van der Waals surface area contributed by atoms with Crippen molar-refractivity contribution in [2.75, 3.05) is 23.1 Å². The summed E-state index contributed by atoms with van der Waals surface area (Å²) in [6.07, 6.45) is 0. The van der Waals surface area contributed by atoms with Gasteiger partial charge in [-0.2, -0.15) is 0 Å². The fraction of sp³-hybridized carbons (Fsp3) is 0.143. The molecule has 0 unspecified atom stereocenters. The summed E-state index contributed by atoms with van der Waals surface area (Å²) in [7, 11) is 1.53. The van der Waals surface area contributed by atoms with Crippen LogP contribution in [0.1, 0.15) is 20.9 Å². The molecular formula is C21H19N5O3S2. The van der Waals surface area contributed by atoms with Crippen molar-refractivity contribution in [3.05, 3.63) is 58.6 Å². The van der Waals surface area contributed by atoms with Gasteiger partial charge < -0.3 is 10.1 Å². The molecule has 8 nitrogen and oxygen atoms in total. The van der Waals surface area contributed by atoms with Gasteiger partial charge in [-0.3, -0.25) is 15.4 Å². The Kier molecular flexibility index (Phi) is 5.83. The van der Waals surface area contributed by atoms with E-state index in [2.05, 4.69) is 25.9 Å². The van der Waals surface area contributed by atoms with E-state index < -0.39 is 6.03 Å². The lowest BCUT2D eigenvalue weighted by atomic mass is 10.2. The molecule has 2 heterocycles. The number of urea groups is 1. The highest BCUT2D eigenvalue weighted by Gasteiger charge is 2.18. The summed E-state index contributed by atoms with van der Waals surface area (Å²) >= 11 is 2.51. The van der Waals surface area contributed by atoms with Gasteiger partial charge in [0, 0.05) is 0 Å². The maximum Gasteiger partial charge on any atom is 0.325 e. The van der Waals surface area contributed by atoms with Gasteiger partial charge in [0.2, 0.25) is 0 Å². The van der Waals surface area contributed by atoms with Gasteiger partial charge in [-0.1, -0.05) is 40.9 Å². The van der Waals surface area contributed by atoms with E-state index in [0.29, 0.717) is 32.3 Å². The number of nitrogens with zero attached hydrogens (tertiary/aromatic N) is 2. The number of carbonyl (C=O) groups excluding carboxylic acids is 2. The van der Waals surface area contributed by atoms with E-state index in [1.54, 1.807) is 25.1 Å². The summed E-state index contributed by atoms with van der Waals surface area (Å²) in [5.41, 5.74) is 3.02. The number of amides is 3. The summed E-state index contributed by atoms with van der Waals surface area (Å²) in [5, 5.41) is 9.02. The summed E-state index contributed by atoms with van der Waals surface area (Å²) < 4.78 is 6.23. The maximum absolute atomic E-state index is 12.7. The van der Waals surface area contributed by atoms with Gasteiger partial charge in [0.1, 0.15) is 10.6 Å². The topological polar surface area (TPSA) is 105 Å². The Bertz CT molecular complexity index is 1280. The van der Waals surface area contributed by atoms with E-state index in [4.69, 9.17) is 4.74 Å². The van der Waals surface area contributed by atoms with Crippen LogP contribution in [-0.4, -0.2) is 29.0 Å². The molecule has 0 aliphatic heterocycles. The van der Waals surface area contributed by atoms with E-state index >= 15 is 0 Å². The van der Waals surface area contributed by atoms with Gasteiger partial charge in [0.05, 0.1) is 28.7 Å². The highest BCUT2D eigenvalue weighted by molar-refractivity contribution is 7.22. The van der Waals surface area contributed by atoms with Crippen molar-refractivity contribution in [1.82, 2.24) is 9.97 Å². The Labute approximate surface area is 186 Å². The molecule has 0 spiro atoms. The lowest BCUT2D eigenvalue weighted by Gasteiger charge is -2.09. The van der Waals surface area contributed by atoms with E-state index in [0.717, 1.165) is 27.1 Å². The molecule has 0 bridgehead atoms. The number of para-hydroxylation sites is 2. The second-order valence-electron chi connectivity index (χ2n) is 6.66. The number of aryl methyl sites for hydroxylation is 2. The molecule has 0 radical (unpaired) electrons. The second-order valence-corrected chi connectivity index (χ2v) is 8.69. The van der Waals surface area contributed by atoms with Crippen molar-refractivity contribution in [1.29, 1.82) is 0 Å². The van der Waals surface area contributed by atoms with Crippen molar-refractivity contribution in [2.45, 2.75) is 13.8 Å². The van der Waals surface area contributed by atoms with Crippen LogP contribution in [0.4, 0.5) is 20.7 Å². The number of thiazole rings is 2. The van der Waals surface area contributed by atoms with E-state index in [1.807, 2.05) is 31.2 Å². The van der Waals surface area contributed by atoms with Gasteiger partial charge in [-0.25, -0.2) is 14.8 Å². The first-order chi connectivity index (χ1) is 14.9. The van der Waals surface area contributed by atoms with Crippen LogP contribution in [0.5, 0.6) is 5.75 Å². The second kappa shape index (κ2) is 8.70. The summed E-state index contributed by atoms with van der Waals surface area (Å²) in [4.78, 5) is 34.2. The van der Waals surface area contributed by atoms with Crippen molar-refractivity contribution in [2.24, 2.45) is 0 Å². The number of carbonyl (C=O) groups is 2. The molecule has 0 fully saturated rings. The molecule has 3 amide bonds. The molecule has 3 N–H and O–H groups in total. The molecule has 0 saturated carbocycles. The largest absolute Gasteiger partial charge is 0.495 e. The van der Waals surface area contributed by atoms with Crippen LogP contribution >= 0.6 is 22.7 Å². The Morgan fingerprint density at radius 1 is 0.935 bits per heavy atom. The van der Waals surface area contributed by atoms with E-state index in [-0.39, 0.29) is 5.91 Å². The molecule has 4 rings (SSSR count). The Morgan fingerprint density at radius 3 is 2.52 bits per heavy atom. The Hall–Kier alpha value is -3.50. The Balaban J connectivity index is 1.45. The van der Waals surface area contributed by atoms with E-state index in [1.165, 1.54) is 18.4 Å². The van der Waals surface area contributed by atoms with Crippen LogP contribution in [0.15, 0.2) is 42.5 Å². The zero-order valence-electron chi connectivity index (χ0n) is 17.0. The van der Waals surface area contributed by atoms with Crippen LogP contribution < -0.4 is 20.7 Å². The highest BCUT2D eigenvalue weighted by atomic mass is 32.1. The predicted octanol–water partition coefficient (Wildman–Crippen LogP) is 5.27. The smallest absolute Gasteiger partial charge is 0.325 e. The number of nitrogens with one attached hydrogen (secondary N) is 3. The molecule has 0 saturated heterocycles. The third kappa shape index (κ3) is 4.65. The highest BCUT2D eigenvalue weighted by Crippen LogP contribution is 2.29. The van der Waals surface area contributed by atoms with Crippen LogP contribution in [-0.2, 0) is 0 Å². The fourth-order valence-corrected chi connectivity index (χ4v) is 4.71. The van der Waals surface area contributed by atoms with E-state index in [9.17, 15) is 9.59 Å².